The quantitative estimate of drug-likeness (QED) is 0.0968. The van der Waals surface area contributed by atoms with E-state index < -0.39 is 21.8 Å². The summed E-state index contributed by atoms with van der Waals surface area (Å²) in [5.41, 5.74) is 1.29. The Balaban J connectivity index is 0.0000102. The Morgan fingerprint density at radius 2 is 1.27 bits per heavy atom. The molecule has 0 heterocycles. The number of hydrogen-bond donors (Lipinski definition) is 2. The first-order valence-corrected chi connectivity index (χ1v) is 14.0. The fraction of sp³-hybridized carbons (Fsp3) is 0.720. The minimum atomic E-state index is -4.13. The third kappa shape index (κ3) is 19.4. The number of carbonyl (C=O) groups excluding carboxylic acids is 1. The van der Waals surface area contributed by atoms with Crippen LogP contribution in [0.25, 0.3) is 0 Å². The number of rotatable bonds is 20. The van der Waals surface area contributed by atoms with Gasteiger partial charge in [0.05, 0.1) is 5.56 Å². The van der Waals surface area contributed by atoms with Crippen molar-refractivity contribution in [2.45, 2.75) is 96.8 Å². The number of nitrogens with one attached hydrogen (secondary N) is 1. The minimum Gasteiger partial charge on any atom is -0.461 e. The normalized spacial score (nSPS) is 11.1. The summed E-state index contributed by atoms with van der Waals surface area (Å²) in [6.45, 7) is 2.80. The predicted molar refractivity (Wildman–Crippen MR) is 138 cm³/mol. The van der Waals surface area contributed by atoms with Crippen molar-refractivity contribution in [1.29, 1.82) is 0 Å². The van der Waals surface area contributed by atoms with Crippen LogP contribution >= 0.6 is 0 Å². The van der Waals surface area contributed by atoms with Crippen LogP contribution in [0.1, 0.15) is 107 Å². The molecule has 0 aliphatic rings. The molecule has 1 aromatic carbocycles. The average molecular weight is 493 g/mol. The molecule has 0 saturated heterocycles. The summed E-state index contributed by atoms with van der Waals surface area (Å²) < 4.78 is 34.7. The maximum Gasteiger partial charge on any atom is 0.338 e. The van der Waals surface area contributed by atoms with Crippen LogP contribution < -0.4 is 5.32 Å². The third-order valence-electron chi connectivity index (χ3n) is 5.55. The van der Waals surface area contributed by atoms with E-state index in [1.165, 1.54) is 83.5 Å². The van der Waals surface area contributed by atoms with Crippen molar-refractivity contribution in [3.05, 3.63) is 29.8 Å². The summed E-state index contributed by atoms with van der Waals surface area (Å²) in [5.74, 6) is -1.20. The van der Waals surface area contributed by atoms with Gasteiger partial charge in [-0.3, -0.25) is 4.55 Å². The molecule has 33 heavy (non-hydrogen) atoms. The van der Waals surface area contributed by atoms with E-state index in [9.17, 15) is 13.2 Å². The summed E-state index contributed by atoms with van der Waals surface area (Å²) in [6.07, 6.45) is 18.8. The van der Waals surface area contributed by atoms with Gasteiger partial charge in [0.1, 0.15) is 12.4 Å². The smallest absolute Gasteiger partial charge is 0.338 e. The number of anilines is 1. The Labute approximate surface area is 223 Å². The van der Waals surface area contributed by atoms with E-state index in [1.54, 1.807) is 12.1 Å². The van der Waals surface area contributed by atoms with E-state index >= 15 is 0 Å². The number of esters is 1. The van der Waals surface area contributed by atoms with Gasteiger partial charge in [0.15, 0.2) is 0 Å². The maximum atomic E-state index is 11.8. The first-order chi connectivity index (χ1) is 15.4. The van der Waals surface area contributed by atoms with Crippen LogP contribution in [0.5, 0.6) is 0 Å². The number of hydrogen-bond acceptors (Lipinski definition) is 5. The van der Waals surface area contributed by atoms with Gasteiger partial charge in [0, 0.05) is 41.8 Å². The van der Waals surface area contributed by atoms with Gasteiger partial charge in [-0.1, -0.05) is 90.4 Å². The van der Waals surface area contributed by atoms with Gasteiger partial charge in [-0.2, -0.15) is 8.42 Å². The zero-order valence-corrected chi connectivity index (χ0v) is 23.6. The zero-order valence-electron chi connectivity index (χ0n) is 20.8. The number of ether oxygens (including phenoxy) is 1. The second-order valence-electron chi connectivity index (χ2n) is 8.52. The summed E-state index contributed by atoms with van der Waals surface area (Å²) in [7, 11) is -4.13. The van der Waals surface area contributed by atoms with Crippen LogP contribution in [0.4, 0.5) is 5.69 Å². The van der Waals surface area contributed by atoms with E-state index in [1.807, 2.05) is 12.1 Å². The van der Waals surface area contributed by atoms with E-state index in [-0.39, 0.29) is 36.2 Å². The molecular weight excluding hydrogens is 449 g/mol. The first kappa shape index (κ1) is 32.4. The first-order valence-electron chi connectivity index (χ1n) is 12.4. The molecule has 8 heteroatoms. The van der Waals surface area contributed by atoms with Crippen molar-refractivity contribution in [2.75, 3.05) is 24.2 Å². The molecule has 0 atom stereocenters. The summed E-state index contributed by atoms with van der Waals surface area (Å²) in [5, 5.41) is 3.35. The minimum absolute atomic E-state index is 0. The van der Waals surface area contributed by atoms with Gasteiger partial charge in [0.2, 0.25) is 0 Å². The van der Waals surface area contributed by atoms with E-state index in [0.29, 0.717) is 5.56 Å². The summed E-state index contributed by atoms with van der Waals surface area (Å²) in [4.78, 5) is 11.8. The summed E-state index contributed by atoms with van der Waals surface area (Å²) >= 11 is 0. The van der Waals surface area contributed by atoms with E-state index in [4.69, 9.17) is 9.29 Å². The topological polar surface area (TPSA) is 92.7 Å². The van der Waals surface area contributed by atoms with Gasteiger partial charge in [-0.05, 0) is 30.7 Å². The molecule has 6 nitrogen and oxygen atoms in total. The van der Waals surface area contributed by atoms with Crippen molar-refractivity contribution in [2.24, 2.45) is 0 Å². The molecule has 0 aromatic heterocycles. The Morgan fingerprint density at radius 3 is 1.73 bits per heavy atom. The van der Waals surface area contributed by atoms with E-state index in [0.717, 1.165) is 18.7 Å². The van der Waals surface area contributed by atoms with Gasteiger partial charge in [0.25, 0.3) is 10.1 Å². The number of benzene rings is 1. The zero-order chi connectivity index (χ0) is 23.5. The predicted octanol–water partition coefficient (Wildman–Crippen LogP) is 6.24. The maximum absolute atomic E-state index is 11.8. The third-order valence-corrected chi connectivity index (χ3v) is 6.24. The molecule has 1 radical (unpaired) electrons. The van der Waals surface area contributed by atoms with Crippen molar-refractivity contribution < 1.29 is 22.5 Å². The molecule has 1 rings (SSSR count). The van der Waals surface area contributed by atoms with Crippen LogP contribution in [0.3, 0.4) is 0 Å². The standard InChI is InChI=1S/C25H43NO5S.Na/c1-2-3-4-5-6-7-8-9-10-11-12-13-14-15-20-26-24-18-16-23(17-19-24)25(27)31-21-22-32(28,29)30;/h16-19,26H,2-15,20-22H2,1H3,(H,28,29,30);. The molecule has 0 saturated carbocycles. The molecule has 0 fully saturated rings. The second-order valence-corrected chi connectivity index (χ2v) is 10.1. The Hall–Kier alpha value is -0.600. The molecule has 0 aliphatic heterocycles. The van der Waals surface area contributed by atoms with Crippen LogP contribution in [-0.4, -0.2) is 67.4 Å². The Bertz CT molecular complexity index is 710. The van der Waals surface area contributed by atoms with Crippen molar-refractivity contribution in [3.8, 4) is 0 Å². The van der Waals surface area contributed by atoms with Crippen molar-refractivity contribution in [1.82, 2.24) is 0 Å². The van der Waals surface area contributed by atoms with Crippen LogP contribution in [0.15, 0.2) is 24.3 Å². The monoisotopic (exact) mass is 492 g/mol. The van der Waals surface area contributed by atoms with E-state index in [2.05, 4.69) is 12.2 Å². The molecule has 0 unspecified atom stereocenters. The average Bonchev–Trinajstić information content (AvgIpc) is 2.76. The molecule has 0 bridgehead atoms. The molecule has 0 amide bonds. The molecule has 1 aromatic rings. The van der Waals surface area contributed by atoms with Gasteiger partial charge in [-0.15, -0.1) is 0 Å². The molecule has 0 spiro atoms. The Morgan fingerprint density at radius 1 is 0.818 bits per heavy atom. The van der Waals surface area contributed by atoms with Crippen LogP contribution in [0.2, 0.25) is 0 Å². The van der Waals surface area contributed by atoms with Gasteiger partial charge >= 0.3 is 5.97 Å². The molecule has 2 N–H and O–H groups in total. The van der Waals surface area contributed by atoms with Crippen molar-refractivity contribution >= 4 is 51.3 Å². The van der Waals surface area contributed by atoms with Gasteiger partial charge < -0.3 is 10.1 Å². The van der Waals surface area contributed by atoms with Crippen LogP contribution in [0, 0.1) is 0 Å². The largest absolute Gasteiger partial charge is 0.461 e. The summed E-state index contributed by atoms with van der Waals surface area (Å²) in [6, 6.07) is 6.90. The molecule has 185 valence electrons. The molecular formula is C25H43NNaO5S. The van der Waals surface area contributed by atoms with Crippen LogP contribution in [-0.2, 0) is 14.9 Å². The molecule has 0 aliphatic carbocycles. The second kappa shape index (κ2) is 20.7. The fourth-order valence-corrected chi connectivity index (χ4v) is 3.89. The van der Waals surface area contributed by atoms with Gasteiger partial charge in [-0.25, -0.2) is 4.79 Å². The number of carbonyl (C=O) groups is 1. The SMILES string of the molecule is CCCCCCCCCCCCCCCCNc1ccc(C(=O)OCCS(=O)(=O)O)cc1.[Na]. The number of unbranched alkanes of at least 4 members (excludes halogenated alkanes) is 13. The Kier molecular flexibility index (Phi) is 20.4. The van der Waals surface area contributed by atoms with Crippen molar-refractivity contribution in [3.63, 3.8) is 0 Å². The fourth-order valence-electron chi connectivity index (χ4n) is 3.60.